The fraction of sp³-hybridized carbons (Fsp3) is 0.333. The van der Waals surface area contributed by atoms with Crippen molar-refractivity contribution in [1.29, 1.82) is 0 Å². The molecular formula is C9H8F4S. The van der Waals surface area contributed by atoms with Crippen LogP contribution in [0.1, 0.15) is 18.9 Å². The molecule has 0 saturated heterocycles. The number of halogens is 4. The van der Waals surface area contributed by atoms with Gasteiger partial charge in [0.15, 0.2) is 23.3 Å². The predicted octanol–water partition coefficient (Wildman–Crippen LogP) is 3.48. The number of rotatable bonds is 2. The van der Waals surface area contributed by atoms with Gasteiger partial charge in [0.1, 0.15) is 0 Å². The lowest BCUT2D eigenvalue weighted by Gasteiger charge is -2.07. The molecule has 0 aliphatic carbocycles. The molecule has 0 nitrogen and oxygen atoms in total. The molecule has 0 aromatic heterocycles. The highest BCUT2D eigenvalue weighted by Gasteiger charge is 2.22. The van der Waals surface area contributed by atoms with E-state index in [0.717, 1.165) is 0 Å². The molecular weight excluding hydrogens is 216 g/mol. The van der Waals surface area contributed by atoms with E-state index < -0.39 is 33.7 Å². The van der Waals surface area contributed by atoms with Gasteiger partial charge in [0.05, 0.1) is 4.90 Å². The van der Waals surface area contributed by atoms with Crippen LogP contribution in [0.5, 0.6) is 0 Å². The SMILES string of the molecule is CCCc1c(F)c(F)c(S)c(F)c1F. The topological polar surface area (TPSA) is 0 Å². The van der Waals surface area contributed by atoms with Gasteiger partial charge in [-0.2, -0.15) is 0 Å². The molecule has 0 aliphatic heterocycles. The molecule has 1 aromatic carbocycles. The summed E-state index contributed by atoms with van der Waals surface area (Å²) in [4.78, 5) is -0.917. The molecule has 0 bridgehead atoms. The first-order valence-corrected chi connectivity index (χ1v) is 4.49. The second-order valence-electron chi connectivity index (χ2n) is 2.83. The highest BCUT2D eigenvalue weighted by Crippen LogP contribution is 2.27. The third kappa shape index (κ3) is 1.73. The highest BCUT2D eigenvalue weighted by atomic mass is 32.1. The van der Waals surface area contributed by atoms with E-state index in [1.54, 1.807) is 6.92 Å². The van der Waals surface area contributed by atoms with E-state index in [0.29, 0.717) is 6.42 Å². The van der Waals surface area contributed by atoms with Gasteiger partial charge in [-0.05, 0) is 6.42 Å². The quantitative estimate of drug-likeness (QED) is 0.443. The smallest absolute Gasteiger partial charge is 0.175 e. The van der Waals surface area contributed by atoms with Crippen molar-refractivity contribution in [2.75, 3.05) is 0 Å². The second kappa shape index (κ2) is 4.21. The second-order valence-corrected chi connectivity index (χ2v) is 3.28. The highest BCUT2D eigenvalue weighted by molar-refractivity contribution is 7.80. The van der Waals surface area contributed by atoms with E-state index in [-0.39, 0.29) is 6.42 Å². The summed E-state index contributed by atoms with van der Waals surface area (Å²) in [5, 5.41) is 0. The lowest BCUT2D eigenvalue weighted by atomic mass is 10.1. The van der Waals surface area contributed by atoms with Crippen LogP contribution in [-0.4, -0.2) is 0 Å². The molecule has 0 radical (unpaired) electrons. The van der Waals surface area contributed by atoms with E-state index >= 15 is 0 Å². The normalized spacial score (nSPS) is 10.7. The summed E-state index contributed by atoms with van der Waals surface area (Å²) in [6.45, 7) is 1.66. The summed E-state index contributed by atoms with van der Waals surface area (Å²) >= 11 is 3.34. The van der Waals surface area contributed by atoms with Crippen LogP contribution >= 0.6 is 12.6 Å². The van der Waals surface area contributed by atoms with Gasteiger partial charge in [0, 0.05) is 5.56 Å². The Hall–Kier alpha value is -0.710. The Morgan fingerprint density at radius 2 is 1.36 bits per heavy atom. The van der Waals surface area contributed by atoms with Crippen molar-refractivity contribution >= 4 is 12.6 Å². The molecule has 0 amide bonds. The Morgan fingerprint density at radius 1 is 0.929 bits per heavy atom. The van der Waals surface area contributed by atoms with Gasteiger partial charge in [-0.15, -0.1) is 12.6 Å². The molecule has 78 valence electrons. The van der Waals surface area contributed by atoms with Gasteiger partial charge < -0.3 is 0 Å². The first-order valence-electron chi connectivity index (χ1n) is 4.04. The lowest BCUT2D eigenvalue weighted by molar-refractivity contribution is 0.413. The average molecular weight is 224 g/mol. The Bertz CT molecular complexity index is 333. The molecule has 1 rings (SSSR count). The molecule has 5 heteroatoms. The van der Waals surface area contributed by atoms with Gasteiger partial charge in [-0.25, -0.2) is 17.6 Å². The number of hydrogen-bond donors (Lipinski definition) is 1. The minimum Gasteiger partial charge on any atom is -0.203 e. The fourth-order valence-corrected chi connectivity index (χ4v) is 1.33. The zero-order valence-electron chi connectivity index (χ0n) is 7.37. The molecule has 0 aliphatic rings. The van der Waals surface area contributed by atoms with Crippen molar-refractivity contribution in [3.63, 3.8) is 0 Å². The van der Waals surface area contributed by atoms with Gasteiger partial charge >= 0.3 is 0 Å². The summed E-state index contributed by atoms with van der Waals surface area (Å²) < 4.78 is 51.9. The van der Waals surface area contributed by atoms with Crippen LogP contribution in [0.2, 0.25) is 0 Å². The van der Waals surface area contributed by atoms with Gasteiger partial charge in [-0.1, -0.05) is 13.3 Å². The first kappa shape index (κ1) is 11.4. The summed E-state index contributed by atoms with van der Waals surface area (Å²) in [6, 6.07) is 0. The van der Waals surface area contributed by atoms with Crippen LogP contribution in [0.25, 0.3) is 0 Å². The minimum atomic E-state index is -1.43. The van der Waals surface area contributed by atoms with Gasteiger partial charge in [0.25, 0.3) is 0 Å². The van der Waals surface area contributed by atoms with E-state index in [4.69, 9.17) is 0 Å². The zero-order chi connectivity index (χ0) is 10.9. The molecule has 0 fully saturated rings. The van der Waals surface area contributed by atoms with Crippen molar-refractivity contribution in [3.05, 3.63) is 28.8 Å². The fourth-order valence-electron chi connectivity index (χ4n) is 1.14. The summed E-state index contributed by atoms with van der Waals surface area (Å²) in [6.07, 6.45) is 0.359. The minimum absolute atomic E-state index is 0.0421. The number of thiol groups is 1. The van der Waals surface area contributed by atoms with Crippen LogP contribution in [0.15, 0.2) is 4.90 Å². The van der Waals surface area contributed by atoms with Crippen LogP contribution < -0.4 is 0 Å². The van der Waals surface area contributed by atoms with Crippen molar-refractivity contribution < 1.29 is 17.6 Å². The molecule has 0 spiro atoms. The molecule has 0 saturated carbocycles. The Kier molecular flexibility index (Phi) is 3.42. The van der Waals surface area contributed by atoms with Crippen molar-refractivity contribution in [3.8, 4) is 0 Å². The van der Waals surface area contributed by atoms with Crippen LogP contribution in [0, 0.1) is 23.3 Å². The predicted molar refractivity (Wildman–Crippen MR) is 47.5 cm³/mol. The molecule has 0 heterocycles. The zero-order valence-corrected chi connectivity index (χ0v) is 8.27. The van der Waals surface area contributed by atoms with Crippen LogP contribution in [-0.2, 0) is 6.42 Å². The molecule has 0 unspecified atom stereocenters. The maximum Gasteiger partial charge on any atom is 0.175 e. The summed E-state index contributed by atoms with van der Waals surface area (Å²) in [5.74, 6) is -5.57. The van der Waals surface area contributed by atoms with Crippen LogP contribution in [0.3, 0.4) is 0 Å². The number of benzene rings is 1. The van der Waals surface area contributed by atoms with Gasteiger partial charge in [0.2, 0.25) is 0 Å². The largest absolute Gasteiger partial charge is 0.203 e. The molecule has 14 heavy (non-hydrogen) atoms. The lowest BCUT2D eigenvalue weighted by Crippen LogP contribution is -2.04. The van der Waals surface area contributed by atoms with Crippen molar-refractivity contribution in [2.24, 2.45) is 0 Å². The van der Waals surface area contributed by atoms with E-state index in [2.05, 4.69) is 12.6 Å². The maximum atomic E-state index is 13.1. The monoisotopic (exact) mass is 224 g/mol. The van der Waals surface area contributed by atoms with E-state index in [1.165, 1.54) is 0 Å². The molecule has 1 aromatic rings. The van der Waals surface area contributed by atoms with Gasteiger partial charge in [-0.3, -0.25) is 0 Å². The number of hydrogen-bond acceptors (Lipinski definition) is 1. The third-order valence-electron chi connectivity index (χ3n) is 1.83. The van der Waals surface area contributed by atoms with E-state index in [9.17, 15) is 17.6 Å². The summed E-state index contributed by atoms with van der Waals surface area (Å²) in [5.41, 5.74) is -0.555. The van der Waals surface area contributed by atoms with E-state index in [1.807, 2.05) is 0 Å². The Morgan fingerprint density at radius 3 is 1.71 bits per heavy atom. The Labute approximate surface area is 84.3 Å². The summed E-state index contributed by atoms with van der Waals surface area (Å²) in [7, 11) is 0. The third-order valence-corrected chi connectivity index (χ3v) is 2.22. The Balaban J connectivity index is 3.43. The average Bonchev–Trinajstić information content (AvgIpc) is 2.19. The first-order chi connectivity index (χ1) is 6.50. The van der Waals surface area contributed by atoms with Crippen LogP contribution in [0.4, 0.5) is 17.6 Å². The van der Waals surface area contributed by atoms with Crippen molar-refractivity contribution in [1.82, 2.24) is 0 Å². The molecule has 0 N–H and O–H groups in total. The van der Waals surface area contributed by atoms with Crippen molar-refractivity contribution in [2.45, 2.75) is 24.7 Å². The standard InChI is InChI=1S/C9H8F4S/c1-2-3-4-5(10)7(12)9(14)8(13)6(4)11/h14H,2-3H2,1H3. The maximum absolute atomic E-state index is 13.1. The molecule has 0 atom stereocenters.